The first-order valence-electron chi connectivity index (χ1n) is 8.04. The van der Waals surface area contributed by atoms with E-state index in [0.717, 1.165) is 11.3 Å². The predicted octanol–water partition coefficient (Wildman–Crippen LogP) is 3.71. The molecule has 5 nitrogen and oxygen atoms in total. The van der Waals surface area contributed by atoms with Gasteiger partial charge in [-0.1, -0.05) is 41.4 Å². The van der Waals surface area contributed by atoms with Crippen molar-refractivity contribution in [3.8, 4) is 5.75 Å². The average molecular weight is 395 g/mol. The van der Waals surface area contributed by atoms with Crippen LogP contribution in [0.15, 0.2) is 42.5 Å². The number of ether oxygens (including phenoxy) is 1. The monoisotopic (exact) mass is 394 g/mol. The molecule has 0 bridgehead atoms. The largest absolute Gasteiger partial charge is 0.497 e. The fourth-order valence-electron chi connectivity index (χ4n) is 2.45. The lowest BCUT2D eigenvalue weighted by Gasteiger charge is -2.23. The number of anilines is 1. The summed E-state index contributed by atoms with van der Waals surface area (Å²) in [6.45, 7) is 2.04. The standard InChI is InChI=1S/C19H20Cl2N2O3/c1-13(24)23(17-5-3-4-16(20)19(17)21)11-10-22-18(25)12-14-6-8-15(26-2)9-7-14/h3-9H,10-12H2,1-2H3,(H,22,25). The van der Waals surface area contributed by atoms with Crippen molar-refractivity contribution in [2.24, 2.45) is 0 Å². The molecule has 26 heavy (non-hydrogen) atoms. The first kappa shape index (κ1) is 20.1. The molecule has 7 heteroatoms. The number of hydrogen-bond donors (Lipinski definition) is 1. The minimum atomic E-state index is -0.182. The number of benzene rings is 2. The molecule has 1 N–H and O–H groups in total. The van der Waals surface area contributed by atoms with Gasteiger partial charge < -0.3 is 15.0 Å². The first-order chi connectivity index (χ1) is 12.4. The lowest BCUT2D eigenvalue weighted by atomic mass is 10.1. The van der Waals surface area contributed by atoms with Crippen LogP contribution in [0.5, 0.6) is 5.75 Å². The molecule has 0 spiro atoms. The van der Waals surface area contributed by atoms with Gasteiger partial charge in [0.1, 0.15) is 5.75 Å². The van der Waals surface area contributed by atoms with Crippen LogP contribution in [-0.4, -0.2) is 32.0 Å². The Balaban J connectivity index is 1.92. The van der Waals surface area contributed by atoms with Gasteiger partial charge in [0.25, 0.3) is 0 Å². The van der Waals surface area contributed by atoms with E-state index in [2.05, 4.69) is 5.32 Å². The van der Waals surface area contributed by atoms with Gasteiger partial charge in [-0.25, -0.2) is 0 Å². The molecule has 2 amide bonds. The van der Waals surface area contributed by atoms with Gasteiger partial charge in [0.15, 0.2) is 0 Å². The lowest BCUT2D eigenvalue weighted by Crippen LogP contribution is -2.38. The molecule has 2 rings (SSSR count). The van der Waals surface area contributed by atoms with E-state index in [4.69, 9.17) is 27.9 Å². The van der Waals surface area contributed by atoms with Crippen LogP contribution >= 0.6 is 23.2 Å². The molecular formula is C19H20Cl2N2O3. The number of methoxy groups -OCH3 is 1. The Morgan fingerprint density at radius 3 is 2.42 bits per heavy atom. The Morgan fingerprint density at radius 2 is 1.81 bits per heavy atom. The summed E-state index contributed by atoms with van der Waals surface area (Å²) in [5, 5.41) is 3.50. The van der Waals surface area contributed by atoms with Gasteiger partial charge in [0.2, 0.25) is 11.8 Å². The molecule has 138 valence electrons. The minimum absolute atomic E-state index is 0.129. The van der Waals surface area contributed by atoms with Crippen LogP contribution in [0.1, 0.15) is 12.5 Å². The number of nitrogens with zero attached hydrogens (tertiary/aromatic N) is 1. The Kier molecular flexibility index (Phi) is 7.30. The molecule has 0 aliphatic rings. The van der Waals surface area contributed by atoms with Crippen molar-refractivity contribution in [1.82, 2.24) is 5.32 Å². The van der Waals surface area contributed by atoms with Crippen molar-refractivity contribution in [2.75, 3.05) is 25.1 Å². The van der Waals surface area contributed by atoms with Crippen LogP contribution in [-0.2, 0) is 16.0 Å². The fraction of sp³-hybridized carbons (Fsp3) is 0.263. The average Bonchev–Trinajstić information content (AvgIpc) is 2.62. The number of rotatable bonds is 7. The van der Waals surface area contributed by atoms with Crippen LogP contribution in [0, 0.1) is 0 Å². The second-order valence-electron chi connectivity index (χ2n) is 5.62. The number of hydrogen-bond acceptors (Lipinski definition) is 3. The van der Waals surface area contributed by atoms with Crippen molar-refractivity contribution in [3.05, 3.63) is 58.1 Å². The molecule has 0 fully saturated rings. The van der Waals surface area contributed by atoms with Crippen LogP contribution in [0.3, 0.4) is 0 Å². The highest BCUT2D eigenvalue weighted by atomic mass is 35.5. The van der Waals surface area contributed by atoms with Gasteiger partial charge in [-0.15, -0.1) is 0 Å². The predicted molar refractivity (Wildman–Crippen MR) is 104 cm³/mol. The van der Waals surface area contributed by atoms with E-state index >= 15 is 0 Å². The molecule has 0 aliphatic carbocycles. The molecule has 0 heterocycles. The zero-order valence-electron chi connectivity index (χ0n) is 14.6. The topological polar surface area (TPSA) is 58.6 Å². The van der Waals surface area contributed by atoms with E-state index in [1.807, 2.05) is 12.1 Å². The third-order valence-electron chi connectivity index (χ3n) is 3.78. The molecule has 0 atom stereocenters. The first-order valence-corrected chi connectivity index (χ1v) is 8.79. The summed E-state index contributed by atoms with van der Waals surface area (Å²) in [4.78, 5) is 25.5. The van der Waals surface area contributed by atoms with E-state index in [1.165, 1.54) is 11.8 Å². The summed E-state index contributed by atoms with van der Waals surface area (Å²) in [5.41, 5.74) is 1.40. The smallest absolute Gasteiger partial charge is 0.224 e. The van der Waals surface area contributed by atoms with Crippen LogP contribution in [0.25, 0.3) is 0 Å². The van der Waals surface area contributed by atoms with Gasteiger partial charge >= 0.3 is 0 Å². The van der Waals surface area contributed by atoms with Crippen LogP contribution in [0.2, 0.25) is 10.0 Å². The maximum absolute atomic E-state index is 12.1. The number of nitrogens with one attached hydrogen (secondary N) is 1. The highest BCUT2D eigenvalue weighted by molar-refractivity contribution is 6.44. The van der Waals surface area contributed by atoms with Crippen molar-refractivity contribution < 1.29 is 14.3 Å². The zero-order chi connectivity index (χ0) is 19.1. The fourth-order valence-corrected chi connectivity index (χ4v) is 2.84. The molecule has 0 aliphatic heterocycles. The van der Waals surface area contributed by atoms with E-state index in [0.29, 0.717) is 28.8 Å². The van der Waals surface area contributed by atoms with Crippen molar-refractivity contribution >= 4 is 40.7 Å². The summed E-state index contributed by atoms with van der Waals surface area (Å²) >= 11 is 12.2. The van der Waals surface area contributed by atoms with E-state index in [9.17, 15) is 9.59 Å². The van der Waals surface area contributed by atoms with Crippen molar-refractivity contribution in [2.45, 2.75) is 13.3 Å². The van der Waals surface area contributed by atoms with E-state index < -0.39 is 0 Å². The Morgan fingerprint density at radius 1 is 1.12 bits per heavy atom. The molecule has 0 unspecified atom stereocenters. The Bertz CT molecular complexity index is 779. The Labute approximate surface area is 162 Å². The maximum atomic E-state index is 12.1. The van der Waals surface area contributed by atoms with Gasteiger partial charge in [-0.3, -0.25) is 9.59 Å². The molecule has 0 saturated heterocycles. The van der Waals surface area contributed by atoms with Crippen molar-refractivity contribution in [1.29, 1.82) is 0 Å². The number of halogens is 2. The number of carbonyl (C=O) groups excluding carboxylic acids is 2. The van der Waals surface area contributed by atoms with E-state index in [-0.39, 0.29) is 18.2 Å². The minimum Gasteiger partial charge on any atom is -0.497 e. The van der Waals surface area contributed by atoms with E-state index in [1.54, 1.807) is 37.4 Å². The normalized spacial score (nSPS) is 10.3. The molecule has 2 aromatic carbocycles. The third-order valence-corrected chi connectivity index (χ3v) is 4.59. The van der Waals surface area contributed by atoms with Gasteiger partial charge in [-0.2, -0.15) is 0 Å². The summed E-state index contributed by atoms with van der Waals surface area (Å²) in [5.74, 6) is 0.430. The second kappa shape index (κ2) is 9.46. The summed E-state index contributed by atoms with van der Waals surface area (Å²) in [6, 6.07) is 12.4. The van der Waals surface area contributed by atoms with Gasteiger partial charge in [0.05, 0.1) is 29.3 Å². The lowest BCUT2D eigenvalue weighted by molar-refractivity contribution is -0.121. The molecule has 2 aromatic rings. The highest BCUT2D eigenvalue weighted by Gasteiger charge is 2.16. The van der Waals surface area contributed by atoms with Crippen molar-refractivity contribution in [3.63, 3.8) is 0 Å². The second-order valence-corrected chi connectivity index (χ2v) is 6.40. The molecular weight excluding hydrogens is 375 g/mol. The highest BCUT2D eigenvalue weighted by Crippen LogP contribution is 2.32. The molecule has 0 saturated carbocycles. The van der Waals surface area contributed by atoms with Crippen LogP contribution in [0.4, 0.5) is 5.69 Å². The summed E-state index contributed by atoms with van der Waals surface area (Å²) in [6.07, 6.45) is 0.252. The van der Waals surface area contributed by atoms with Gasteiger partial charge in [0, 0.05) is 20.0 Å². The number of carbonyl (C=O) groups is 2. The quantitative estimate of drug-likeness (QED) is 0.778. The number of amides is 2. The third kappa shape index (κ3) is 5.38. The molecule has 0 aromatic heterocycles. The Hall–Kier alpha value is -2.24. The SMILES string of the molecule is COc1ccc(CC(=O)NCCN(C(C)=O)c2cccc(Cl)c2Cl)cc1. The maximum Gasteiger partial charge on any atom is 0.224 e. The summed E-state index contributed by atoms with van der Waals surface area (Å²) in [7, 11) is 1.59. The zero-order valence-corrected chi connectivity index (χ0v) is 16.1. The van der Waals surface area contributed by atoms with Crippen LogP contribution < -0.4 is 15.0 Å². The summed E-state index contributed by atoms with van der Waals surface area (Å²) < 4.78 is 5.09. The molecule has 0 radical (unpaired) electrons. The van der Waals surface area contributed by atoms with Gasteiger partial charge in [-0.05, 0) is 29.8 Å².